The third kappa shape index (κ3) is 9.36. The van der Waals surface area contributed by atoms with E-state index in [-0.39, 0.29) is 33.0 Å². The zero-order valence-electron chi connectivity index (χ0n) is 15.8. The van der Waals surface area contributed by atoms with Crippen LogP contribution in [0.5, 0.6) is 0 Å². The van der Waals surface area contributed by atoms with E-state index < -0.39 is 23.7 Å². The van der Waals surface area contributed by atoms with Crippen molar-refractivity contribution in [2.45, 2.75) is 41.5 Å². The molecule has 13 heteroatoms. The Labute approximate surface area is 151 Å². The molecule has 0 aliphatic carbocycles. The Morgan fingerprint density at radius 3 is 1.56 bits per heavy atom. The van der Waals surface area contributed by atoms with E-state index in [2.05, 4.69) is 5.09 Å². The fourth-order valence-electron chi connectivity index (χ4n) is 1.68. The van der Waals surface area contributed by atoms with Crippen molar-refractivity contribution < 1.29 is 40.4 Å². The summed E-state index contributed by atoms with van der Waals surface area (Å²) in [7, 11) is -12.0. The van der Waals surface area contributed by atoms with Crippen LogP contribution in [-0.4, -0.2) is 39.6 Å². The van der Waals surface area contributed by atoms with E-state index in [0.29, 0.717) is 6.54 Å². The molecule has 154 valence electrons. The summed E-state index contributed by atoms with van der Waals surface area (Å²) in [5.41, 5.74) is 0. The van der Waals surface area contributed by atoms with Crippen LogP contribution in [0.3, 0.4) is 0 Å². The van der Waals surface area contributed by atoms with Gasteiger partial charge in [0.15, 0.2) is 0 Å². The summed E-state index contributed by atoms with van der Waals surface area (Å²) < 4.78 is 63.0. The number of hydrogen-bond donors (Lipinski definition) is 1. The number of rotatable bonds is 16. The van der Waals surface area contributed by atoms with E-state index in [1.807, 2.05) is 0 Å². The van der Waals surface area contributed by atoms with E-state index in [0.717, 1.165) is 0 Å². The molecule has 0 aromatic carbocycles. The van der Waals surface area contributed by atoms with Gasteiger partial charge in [-0.2, -0.15) is 0 Å². The van der Waals surface area contributed by atoms with Gasteiger partial charge in [-0.25, -0.2) is 0 Å². The molecule has 0 saturated carbocycles. The van der Waals surface area contributed by atoms with Gasteiger partial charge in [0, 0.05) is 0 Å². The third-order valence-electron chi connectivity index (χ3n) is 2.32. The molecule has 0 bridgehead atoms. The molecule has 1 unspecified atom stereocenters. The Morgan fingerprint density at radius 1 is 0.720 bits per heavy atom. The molecule has 0 aliphatic rings. The van der Waals surface area contributed by atoms with E-state index in [9.17, 15) is 9.13 Å². The van der Waals surface area contributed by atoms with Crippen LogP contribution >= 0.6 is 23.7 Å². The summed E-state index contributed by atoms with van der Waals surface area (Å²) in [6.45, 7) is 10.7. The fourth-order valence-corrected chi connectivity index (χ4v) is 8.43. The number of hydrogen-bond acceptors (Lipinski definition) is 9. The standard InChI is InChI=1S/C12H32NO9P3/c1-7-13-23(14,16-8-2)21-25(19-11-5,20-12-6)22-24(15,17-9-3)18-10-4/h25H,7-12H2,1-6H3,(H,13,14). The van der Waals surface area contributed by atoms with Crippen LogP contribution in [0.4, 0.5) is 0 Å². The predicted octanol–water partition coefficient (Wildman–Crippen LogP) is 4.44. The molecule has 1 atom stereocenters. The maximum atomic E-state index is 12.8. The first kappa shape index (κ1) is 25.6. The second-order valence-electron chi connectivity index (χ2n) is 4.26. The molecule has 0 rings (SSSR count). The van der Waals surface area contributed by atoms with Crippen molar-refractivity contribution >= 4 is 23.7 Å². The second-order valence-corrected chi connectivity index (χ2v) is 10.3. The summed E-state index contributed by atoms with van der Waals surface area (Å²) in [6, 6.07) is 0. The van der Waals surface area contributed by atoms with Gasteiger partial charge in [0.1, 0.15) is 0 Å². The molecule has 0 aromatic heterocycles. The zero-order valence-corrected chi connectivity index (χ0v) is 18.6. The van der Waals surface area contributed by atoms with Crippen LogP contribution in [0.2, 0.25) is 0 Å². The van der Waals surface area contributed by atoms with Crippen molar-refractivity contribution in [1.82, 2.24) is 5.09 Å². The van der Waals surface area contributed by atoms with Gasteiger partial charge in [-0.15, -0.1) is 0 Å². The van der Waals surface area contributed by atoms with Crippen LogP contribution in [0.25, 0.3) is 0 Å². The zero-order chi connectivity index (χ0) is 19.4. The van der Waals surface area contributed by atoms with Crippen molar-refractivity contribution in [2.75, 3.05) is 39.6 Å². The van der Waals surface area contributed by atoms with Gasteiger partial charge in [0.05, 0.1) is 0 Å². The minimum atomic E-state index is -4.18. The van der Waals surface area contributed by atoms with Gasteiger partial charge in [-0.05, 0) is 0 Å². The number of phosphoric acid groups is 1. The molecule has 0 saturated heterocycles. The van der Waals surface area contributed by atoms with Crippen LogP contribution in [0, 0.1) is 0 Å². The Morgan fingerprint density at radius 2 is 1.20 bits per heavy atom. The average Bonchev–Trinajstić information content (AvgIpc) is 2.47. The van der Waals surface area contributed by atoms with Crippen LogP contribution in [-0.2, 0) is 40.4 Å². The van der Waals surface area contributed by atoms with Crippen molar-refractivity contribution in [3.8, 4) is 0 Å². The molecular weight excluding hydrogens is 395 g/mol. The van der Waals surface area contributed by atoms with Gasteiger partial charge in [0.25, 0.3) is 0 Å². The van der Waals surface area contributed by atoms with Gasteiger partial charge < -0.3 is 0 Å². The topological polar surface area (TPSA) is 111 Å². The van der Waals surface area contributed by atoms with Gasteiger partial charge >= 0.3 is 150 Å². The van der Waals surface area contributed by atoms with Crippen LogP contribution in [0.1, 0.15) is 41.5 Å². The van der Waals surface area contributed by atoms with Gasteiger partial charge in [-0.3, -0.25) is 0 Å². The molecular formula is C12H32NO9P3. The Balaban J connectivity index is 5.74. The van der Waals surface area contributed by atoms with Gasteiger partial charge in [-0.1, -0.05) is 0 Å². The molecule has 0 aromatic rings. The Hall–Kier alpha value is 0.570. The normalized spacial score (nSPS) is 15.9. The molecule has 0 spiro atoms. The molecule has 1 N–H and O–H groups in total. The summed E-state index contributed by atoms with van der Waals surface area (Å²) in [6.07, 6.45) is 0. The first-order chi connectivity index (χ1) is 11.8. The molecule has 25 heavy (non-hydrogen) atoms. The fraction of sp³-hybridized carbons (Fsp3) is 1.00. The molecule has 0 amide bonds. The van der Waals surface area contributed by atoms with Crippen LogP contribution < -0.4 is 5.09 Å². The number of nitrogens with one attached hydrogen (secondary N) is 1. The van der Waals surface area contributed by atoms with E-state index >= 15 is 0 Å². The Kier molecular flexibility index (Phi) is 13.2. The molecule has 10 nitrogen and oxygen atoms in total. The summed E-state index contributed by atoms with van der Waals surface area (Å²) in [4.78, 5) is 0. The van der Waals surface area contributed by atoms with Crippen LogP contribution in [0.15, 0.2) is 0 Å². The quantitative estimate of drug-likeness (QED) is 0.355. The van der Waals surface area contributed by atoms with E-state index in [1.54, 1.807) is 41.5 Å². The summed E-state index contributed by atoms with van der Waals surface area (Å²) in [5.74, 6) is 0. The number of phosphoric ester groups is 1. The summed E-state index contributed by atoms with van der Waals surface area (Å²) >= 11 is 0. The summed E-state index contributed by atoms with van der Waals surface area (Å²) in [5, 5.41) is 2.62. The van der Waals surface area contributed by atoms with Crippen molar-refractivity contribution in [3.05, 3.63) is 0 Å². The predicted molar refractivity (Wildman–Crippen MR) is 97.5 cm³/mol. The van der Waals surface area contributed by atoms with Crippen molar-refractivity contribution in [3.63, 3.8) is 0 Å². The monoisotopic (exact) mass is 427 g/mol. The maximum absolute atomic E-state index is 12.8. The molecule has 0 radical (unpaired) electrons. The SMILES string of the molecule is CCNP(=O)(OCC)O[PH](OCC)(OCC)OP(=O)(OCC)OCC. The first-order valence-corrected chi connectivity index (χ1v) is 13.0. The van der Waals surface area contributed by atoms with Crippen molar-refractivity contribution in [2.24, 2.45) is 0 Å². The third-order valence-corrected chi connectivity index (χ3v) is 9.70. The first-order valence-electron chi connectivity index (χ1n) is 8.36. The molecule has 0 aliphatic heterocycles. The molecule has 0 fully saturated rings. The second kappa shape index (κ2) is 12.9. The van der Waals surface area contributed by atoms with E-state index in [4.69, 9.17) is 31.2 Å². The average molecular weight is 427 g/mol. The Bertz CT molecular complexity index is 392. The van der Waals surface area contributed by atoms with Crippen molar-refractivity contribution in [1.29, 1.82) is 0 Å². The molecule has 0 heterocycles. The minimum absolute atomic E-state index is 0.0658. The van der Waals surface area contributed by atoms with Gasteiger partial charge in [0.2, 0.25) is 0 Å². The van der Waals surface area contributed by atoms with E-state index in [1.165, 1.54) is 0 Å².